The highest BCUT2D eigenvalue weighted by atomic mass is 35.5. The third kappa shape index (κ3) is 10.6. The smallest absolute Gasteiger partial charge is 0.348 e. The number of aryl methyl sites for hydroxylation is 1. The highest BCUT2D eigenvalue weighted by molar-refractivity contribution is 7.13. The average Bonchev–Trinajstić information content (AvgIpc) is 3.51. The Kier molecular flexibility index (Phi) is 13.8. The second-order valence-electron chi connectivity index (χ2n) is 13.5. The lowest BCUT2D eigenvalue weighted by molar-refractivity contribution is -0.192. The van der Waals surface area contributed by atoms with Crippen LogP contribution in [-0.2, 0) is 29.9 Å². The summed E-state index contributed by atoms with van der Waals surface area (Å²) < 4.78 is 23.7. The molecule has 2 aliphatic rings. The molecule has 1 aliphatic carbocycles. The number of ketones is 1. The molecule has 0 radical (unpaired) electrons. The van der Waals surface area contributed by atoms with Crippen molar-refractivity contribution in [3.8, 4) is 0 Å². The summed E-state index contributed by atoms with van der Waals surface area (Å²) >= 11 is 8.43. The molecule has 6 nitrogen and oxygen atoms in total. The predicted molar refractivity (Wildman–Crippen MR) is 174 cm³/mol. The number of alkyl halides is 1. The lowest BCUT2D eigenvalue weighted by Gasteiger charge is -2.38. The van der Waals surface area contributed by atoms with Gasteiger partial charge in [0.05, 0.1) is 13.2 Å². The zero-order valence-electron chi connectivity index (χ0n) is 26.8. The molecule has 0 amide bonds. The van der Waals surface area contributed by atoms with Crippen LogP contribution >= 0.6 is 22.9 Å². The summed E-state index contributed by atoms with van der Waals surface area (Å²) in [4.78, 5) is 26.6. The van der Waals surface area contributed by atoms with Crippen LogP contribution in [0.1, 0.15) is 100 Å². The van der Waals surface area contributed by atoms with E-state index < -0.39 is 8.32 Å². The van der Waals surface area contributed by atoms with Crippen LogP contribution in [-0.4, -0.2) is 57.7 Å². The minimum Gasteiger partial charge on any atom is -0.465 e. The maximum absolute atomic E-state index is 12.9. The number of rotatable bonds is 15. The van der Waals surface area contributed by atoms with Crippen LogP contribution < -0.4 is 0 Å². The zero-order valence-corrected chi connectivity index (χ0v) is 29.4. The van der Waals surface area contributed by atoms with E-state index in [1.165, 1.54) is 18.4 Å². The molecule has 2 fully saturated rings. The summed E-state index contributed by atoms with van der Waals surface area (Å²) in [6, 6.07) is 3.83. The molecule has 1 unspecified atom stereocenters. The lowest BCUT2D eigenvalue weighted by atomic mass is 9.89. The number of carbonyl (C=O) groups excluding carboxylic acids is 2. The van der Waals surface area contributed by atoms with Crippen LogP contribution in [0.25, 0.3) is 0 Å². The van der Waals surface area contributed by atoms with E-state index in [-0.39, 0.29) is 52.5 Å². The van der Waals surface area contributed by atoms with E-state index in [2.05, 4.69) is 46.9 Å². The van der Waals surface area contributed by atoms with Crippen molar-refractivity contribution in [2.45, 2.75) is 134 Å². The van der Waals surface area contributed by atoms with E-state index in [1.54, 1.807) is 6.08 Å². The molecule has 1 aromatic rings. The normalized spacial score (nSPS) is 26.0. The Balaban J connectivity index is 1.57. The SMILES string of the molecule is COC(=O)c1ccc(CCC[C@@H]2[C@@H](/C=C/C(=O)CCC[C@H](C)O[Si](C)(C)C(C)(C)C)[C@H](OC3CCCCO3)C[C@H]2Cl)s1. The van der Waals surface area contributed by atoms with Crippen LogP contribution in [0.15, 0.2) is 24.3 Å². The Morgan fingerprint density at radius 3 is 2.64 bits per heavy atom. The van der Waals surface area contributed by atoms with E-state index >= 15 is 0 Å². The summed E-state index contributed by atoms with van der Waals surface area (Å²) in [5.74, 6) is 0.132. The van der Waals surface area contributed by atoms with Crippen molar-refractivity contribution in [3.63, 3.8) is 0 Å². The molecule has 0 N–H and O–H groups in total. The molecule has 1 aromatic heterocycles. The Morgan fingerprint density at radius 2 is 1.98 bits per heavy atom. The topological polar surface area (TPSA) is 71.1 Å². The summed E-state index contributed by atoms with van der Waals surface area (Å²) in [5.41, 5.74) is 0. The van der Waals surface area contributed by atoms with Gasteiger partial charge in [0.2, 0.25) is 0 Å². The van der Waals surface area contributed by atoms with Crippen molar-refractivity contribution in [1.82, 2.24) is 0 Å². The fourth-order valence-corrected chi connectivity index (χ4v) is 8.62. The monoisotopic (exact) mass is 640 g/mol. The van der Waals surface area contributed by atoms with Gasteiger partial charge in [-0.2, -0.15) is 0 Å². The molecule has 2 heterocycles. The van der Waals surface area contributed by atoms with Crippen molar-refractivity contribution in [3.05, 3.63) is 34.0 Å². The first kappa shape index (κ1) is 35.4. The predicted octanol–water partition coefficient (Wildman–Crippen LogP) is 8.72. The Bertz CT molecular complexity index is 1030. The molecule has 0 spiro atoms. The number of thiophene rings is 1. The molecule has 0 aromatic carbocycles. The van der Waals surface area contributed by atoms with Gasteiger partial charge in [-0.15, -0.1) is 22.9 Å². The summed E-state index contributed by atoms with van der Waals surface area (Å²) in [7, 11) is -0.408. The first-order chi connectivity index (χ1) is 19.8. The van der Waals surface area contributed by atoms with Crippen molar-refractivity contribution < 1.29 is 28.2 Å². The zero-order chi connectivity index (χ0) is 30.9. The molecule has 42 heavy (non-hydrogen) atoms. The van der Waals surface area contributed by atoms with Crippen molar-refractivity contribution in [2.24, 2.45) is 11.8 Å². The Labute approximate surface area is 264 Å². The second-order valence-corrected chi connectivity index (χ2v) is 20.0. The number of esters is 1. The van der Waals surface area contributed by atoms with E-state index in [4.69, 9.17) is 30.2 Å². The highest BCUT2D eigenvalue weighted by Gasteiger charge is 2.43. The standard InChI is InChI=1S/C33H53ClO6SSi/c1-23(40-42(6,7)33(2,3)4)12-10-13-24(35)17-19-27-26(15-11-14-25-18-20-30(41-25)32(36)37-5)28(34)22-29(27)39-31-16-8-9-21-38-31/h17-20,23,26-29,31H,8-16,21-22H2,1-7H3/b19-17+/t23-,26+,27+,28+,29+,31?/m0/s1. The van der Waals surface area contributed by atoms with Crippen LogP contribution in [0.5, 0.6) is 0 Å². The third-order valence-corrected chi connectivity index (χ3v) is 15.4. The van der Waals surface area contributed by atoms with Gasteiger partial charge in [-0.1, -0.05) is 26.8 Å². The molecular formula is C33H53ClO6SSi. The van der Waals surface area contributed by atoms with E-state index in [0.717, 1.165) is 69.3 Å². The Morgan fingerprint density at radius 1 is 1.21 bits per heavy atom. The van der Waals surface area contributed by atoms with Gasteiger partial charge in [-0.05, 0) is 107 Å². The second kappa shape index (κ2) is 16.3. The molecule has 1 saturated carbocycles. The van der Waals surface area contributed by atoms with Gasteiger partial charge in [-0.3, -0.25) is 4.79 Å². The summed E-state index contributed by atoms with van der Waals surface area (Å²) in [6.07, 6.45) is 12.5. The van der Waals surface area contributed by atoms with Crippen LogP contribution in [0, 0.1) is 11.8 Å². The van der Waals surface area contributed by atoms with E-state index in [1.807, 2.05) is 12.1 Å². The van der Waals surface area contributed by atoms with Crippen LogP contribution in [0.2, 0.25) is 18.1 Å². The van der Waals surface area contributed by atoms with Gasteiger partial charge >= 0.3 is 5.97 Å². The maximum Gasteiger partial charge on any atom is 0.348 e. The van der Waals surface area contributed by atoms with Gasteiger partial charge < -0.3 is 18.6 Å². The Hall–Kier alpha value is -1.03. The minimum atomic E-state index is -1.81. The van der Waals surface area contributed by atoms with E-state index in [9.17, 15) is 9.59 Å². The average molecular weight is 641 g/mol. The molecule has 3 rings (SSSR count). The number of halogens is 1. The first-order valence-electron chi connectivity index (χ1n) is 15.8. The number of hydrogen-bond acceptors (Lipinski definition) is 7. The number of methoxy groups -OCH3 is 1. The fraction of sp³-hybridized carbons (Fsp3) is 0.758. The molecule has 238 valence electrons. The quantitative estimate of drug-likeness (QED) is 0.0826. The highest BCUT2D eigenvalue weighted by Crippen LogP contribution is 2.43. The van der Waals surface area contributed by atoms with Gasteiger partial charge in [0.25, 0.3) is 0 Å². The largest absolute Gasteiger partial charge is 0.465 e. The van der Waals surface area contributed by atoms with E-state index in [0.29, 0.717) is 11.3 Å². The van der Waals surface area contributed by atoms with Crippen LogP contribution in [0.3, 0.4) is 0 Å². The van der Waals surface area contributed by atoms with Crippen molar-refractivity contribution in [1.29, 1.82) is 0 Å². The number of hydrogen-bond donors (Lipinski definition) is 0. The van der Waals surface area contributed by atoms with Gasteiger partial charge in [0, 0.05) is 35.3 Å². The van der Waals surface area contributed by atoms with Gasteiger partial charge in [-0.25, -0.2) is 4.79 Å². The van der Waals surface area contributed by atoms with Crippen molar-refractivity contribution in [2.75, 3.05) is 13.7 Å². The number of ether oxygens (including phenoxy) is 3. The third-order valence-electron chi connectivity index (χ3n) is 9.16. The molecule has 1 saturated heterocycles. The first-order valence-corrected chi connectivity index (χ1v) is 19.9. The fourth-order valence-electron chi connectivity index (χ4n) is 5.71. The summed E-state index contributed by atoms with van der Waals surface area (Å²) in [5, 5.41) is 0.153. The number of carbonyl (C=O) groups is 2. The molecule has 6 atom stereocenters. The molecule has 9 heteroatoms. The lowest BCUT2D eigenvalue weighted by Crippen LogP contribution is -2.43. The maximum atomic E-state index is 12.9. The minimum absolute atomic E-state index is 0.0226. The number of allylic oxidation sites excluding steroid dienone is 1. The van der Waals surface area contributed by atoms with Gasteiger partial charge in [0.1, 0.15) is 4.88 Å². The molecule has 1 aliphatic heterocycles. The van der Waals surface area contributed by atoms with Crippen LogP contribution in [0.4, 0.5) is 0 Å². The molecule has 0 bridgehead atoms. The summed E-state index contributed by atoms with van der Waals surface area (Å²) in [6.45, 7) is 14.2. The van der Waals surface area contributed by atoms with Gasteiger partial charge in [0.15, 0.2) is 20.4 Å². The van der Waals surface area contributed by atoms with Crippen molar-refractivity contribution >= 4 is 43.0 Å². The molecular weight excluding hydrogens is 588 g/mol.